The summed E-state index contributed by atoms with van der Waals surface area (Å²) in [4.78, 5) is 11.6. The summed E-state index contributed by atoms with van der Waals surface area (Å²) < 4.78 is 40.0. The molecule has 4 rings (SSSR count). The summed E-state index contributed by atoms with van der Waals surface area (Å²) in [5.74, 6) is -0.921. The van der Waals surface area contributed by atoms with Crippen LogP contribution in [0, 0.1) is 11.7 Å². The summed E-state index contributed by atoms with van der Waals surface area (Å²) in [5, 5.41) is 16.5. The number of rotatable bonds is 6. The highest BCUT2D eigenvalue weighted by Gasteiger charge is 2.34. The molecule has 3 aliphatic rings. The summed E-state index contributed by atoms with van der Waals surface area (Å²) >= 11 is 0. The lowest BCUT2D eigenvalue weighted by Gasteiger charge is -2.30. The van der Waals surface area contributed by atoms with Gasteiger partial charge in [-0.05, 0) is 54.9 Å². The molecule has 150 valence electrons. The quantitative estimate of drug-likeness (QED) is 0.693. The highest BCUT2D eigenvalue weighted by atomic mass is 19.3. The van der Waals surface area contributed by atoms with Crippen molar-refractivity contribution in [2.75, 3.05) is 0 Å². The first-order valence-electron chi connectivity index (χ1n) is 9.65. The second-order valence-corrected chi connectivity index (χ2v) is 7.78. The van der Waals surface area contributed by atoms with E-state index in [4.69, 9.17) is 0 Å². The van der Waals surface area contributed by atoms with E-state index in [-0.39, 0.29) is 17.9 Å². The molecule has 0 spiro atoms. The molecule has 1 saturated carbocycles. The highest BCUT2D eigenvalue weighted by Crippen LogP contribution is 2.40. The highest BCUT2D eigenvalue weighted by molar-refractivity contribution is 5.78. The second kappa shape index (κ2) is 7.62. The smallest absolute Gasteiger partial charge is 0.266 e. The largest absolute Gasteiger partial charge is 0.370 e. The number of alkyl halides is 2. The molecule has 1 aliphatic carbocycles. The first-order chi connectivity index (χ1) is 13.4. The van der Waals surface area contributed by atoms with Crippen LogP contribution < -0.4 is 10.6 Å². The lowest BCUT2D eigenvalue weighted by molar-refractivity contribution is -0.119. The molecule has 1 aromatic carbocycles. The van der Waals surface area contributed by atoms with Gasteiger partial charge in [-0.1, -0.05) is 18.2 Å². The fourth-order valence-electron chi connectivity index (χ4n) is 4.08. The van der Waals surface area contributed by atoms with Crippen LogP contribution in [0.15, 0.2) is 41.6 Å². The van der Waals surface area contributed by atoms with Gasteiger partial charge < -0.3 is 15.7 Å². The van der Waals surface area contributed by atoms with E-state index in [1.165, 1.54) is 6.07 Å². The van der Waals surface area contributed by atoms with E-state index >= 15 is 0 Å². The van der Waals surface area contributed by atoms with Crippen molar-refractivity contribution in [3.8, 4) is 0 Å². The predicted octanol–water partition coefficient (Wildman–Crippen LogP) is 3.66. The maximum absolute atomic E-state index is 14.2. The van der Waals surface area contributed by atoms with Gasteiger partial charge in [0.25, 0.3) is 6.43 Å². The first-order valence-corrected chi connectivity index (χ1v) is 9.65. The van der Waals surface area contributed by atoms with Gasteiger partial charge in [0.15, 0.2) is 0 Å². The Bertz CT molecular complexity index is 833. The number of aliphatic hydroxyl groups excluding tert-OH is 1. The number of amides is 1. The third-order valence-corrected chi connectivity index (χ3v) is 5.77. The van der Waals surface area contributed by atoms with Crippen LogP contribution in [0.2, 0.25) is 0 Å². The number of benzene rings is 1. The van der Waals surface area contributed by atoms with Crippen LogP contribution in [0.4, 0.5) is 13.2 Å². The molecule has 2 unspecified atom stereocenters. The molecule has 3 N–H and O–H groups in total. The molecule has 0 bridgehead atoms. The van der Waals surface area contributed by atoms with Gasteiger partial charge >= 0.3 is 0 Å². The number of carbonyl (C=O) groups is 1. The third kappa shape index (κ3) is 3.94. The molecule has 28 heavy (non-hydrogen) atoms. The summed E-state index contributed by atoms with van der Waals surface area (Å²) in [6, 6.07) is 3.67. The average molecular weight is 392 g/mol. The van der Waals surface area contributed by atoms with Crippen LogP contribution in [-0.4, -0.2) is 23.3 Å². The molecule has 1 saturated heterocycles. The molecular formula is C21H23F3N2O2. The number of aliphatic hydroxyl groups is 1. The molecule has 0 aromatic heterocycles. The SMILES string of the molecule is O=C1CC[C@H](CC(C2=CC=C(C3CC3)C(O)N2)c2ccc(C(F)F)c(F)c2)N1. The monoisotopic (exact) mass is 392 g/mol. The van der Waals surface area contributed by atoms with Crippen molar-refractivity contribution >= 4 is 5.91 Å². The Labute approximate surface area is 161 Å². The van der Waals surface area contributed by atoms with Crippen LogP contribution in [0.5, 0.6) is 0 Å². The number of allylic oxidation sites excluding steroid dienone is 3. The van der Waals surface area contributed by atoms with E-state index in [0.29, 0.717) is 36.4 Å². The third-order valence-electron chi connectivity index (χ3n) is 5.77. The number of dihydropyridines is 1. The van der Waals surface area contributed by atoms with Gasteiger partial charge in [0, 0.05) is 24.1 Å². The molecule has 4 nitrogen and oxygen atoms in total. The van der Waals surface area contributed by atoms with Crippen molar-refractivity contribution in [2.24, 2.45) is 5.92 Å². The molecule has 2 heterocycles. The van der Waals surface area contributed by atoms with Crippen molar-refractivity contribution in [3.05, 3.63) is 58.6 Å². The summed E-state index contributed by atoms with van der Waals surface area (Å²) in [6.45, 7) is 0. The number of nitrogens with one attached hydrogen (secondary N) is 2. The molecule has 2 fully saturated rings. The Morgan fingerprint density at radius 3 is 2.50 bits per heavy atom. The van der Waals surface area contributed by atoms with Crippen LogP contribution in [0.1, 0.15) is 55.6 Å². The lowest BCUT2D eigenvalue weighted by Crippen LogP contribution is -2.37. The zero-order valence-electron chi connectivity index (χ0n) is 15.3. The predicted molar refractivity (Wildman–Crippen MR) is 97.9 cm³/mol. The van der Waals surface area contributed by atoms with E-state index in [1.54, 1.807) is 0 Å². The van der Waals surface area contributed by atoms with Gasteiger partial charge in [-0.15, -0.1) is 0 Å². The Morgan fingerprint density at radius 2 is 1.93 bits per heavy atom. The summed E-state index contributed by atoms with van der Waals surface area (Å²) in [5.41, 5.74) is 1.55. The number of carbonyl (C=O) groups excluding carboxylic acids is 1. The fourth-order valence-corrected chi connectivity index (χ4v) is 4.08. The zero-order chi connectivity index (χ0) is 19.8. The Hall–Kier alpha value is -2.28. The van der Waals surface area contributed by atoms with Crippen LogP contribution in [0.3, 0.4) is 0 Å². The van der Waals surface area contributed by atoms with Gasteiger partial charge in [0.05, 0.1) is 5.56 Å². The van der Waals surface area contributed by atoms with Gasteiger partial charge in [-0.25, -0.2) is 13.2 Å². The normalized spacial score (nSPS) is 25.8. The first kappa shape index (κ1) is 19.1. The minimum absolute atomic E-state index is 0.0236. The number of hydrogen-bond donors (Lipinski definition) is 3. The van der Waals surface area contributed by atoms with Crippen LogP contribution >= 0.6 is 0 Å². The summed E-state index contributed by atoms with van der Waals surface area (Å²) in [7, 11) is 0. The van der Waals surface area contributed by atoms with E-state index in [2.05, 4.69) is 10.6 Å². The van der Waals surface area contributed by atoms with E-state index in [0.717, 1.165) is 30.5 Å². The maximum Gasteiger partial charge on any atom is 0.266 e. The topological polar surface area (TPSA) is 61.4 Å². The standard InChI is InChI=1S/C21H23F3N2O2/c22-17-9-12(3-5-15(17)20(23)24)16(10-13-4-8-19(27)25-13)18-7-6-14(11-1-2-11)21(28)26-18/h3,5-7,9,11,13,16,20-21,26,28H,1-2,4,8,10H2,(H,25,27)/t13-,16?,21?/m1/s1. The van der Waals surface area contributed by atoms with Crippen LogP contribution in [0.25, 0.3) is 0 Å². The van der Waals surface area contributed by atoms with Crippen molar-refractivity contribution < 1.29 is 23.1 Å². The van der Waals surface area contributed by atoms with Crippen molar-refractivity contribution in [3.63, 3.8) is 0 Å². The molecule has 3 atom stereocenters. The average Bonchev–Trinajstić information content (AvgIpc) is 3.40. The number of hydrogen-bond acceptors (Lipinski definition) is 3. The Morgan fingerprint density at radius 1 is 1.14 bits per heavy atom. The molecule has 1 amide bonds. The maximum atomic E-state index is 14.2. The Kier molecular flexibility index (Phi) is 5.19. The molecule has 2 aliphatic heterocycles. The minimum atomic E-state index is -2.88. The van der Waals surface area contributed by atoms with Crippen LogP contribution in [-0.2, 0) is 4.79 Å². The van der Waals surface area contributed by atoms with E-state index in [9.17, 15) is 23.1 Å². The fraction of sp³-hybridized carbons (Fsp3) is 0.476. The van der Waals surface area contributed by atoms with Gasteiger partial charge in [-0.2, -0.15) is 0 Å². The van der Waals surface area contributed by atoms with Crippen molar-refractivity contribution in [1.82, 2.24) is 10.6 Å². The van der Waals surface area contributed by atoms with Crippen molar-refractivity contribution in [2.45, 2.75) is 56.7 Å². The second-order valence-electron chi connectivity index (χ2n) is 7.78. The summed E-state index contributed by atoms with van der Waals surface area (Å²) in [6.07, 6.45) is 3.83. The van der Waals surface area contributed by atoms with E-state index < -0.39 is 24.0 Å². The van der Waals surface area contributed by atoms with Gasteiger partial charge in [0.1, 0.15) is 12.0 Å². The zero-order valence-corrected chi connectivity index (χ0v) is 15.3. The van der Waals surface area contributed by atoms with Crippen molar-refractivity contribution in [1.29, 1.82) is 0 Å². The molecule has 1 aromatic rings. The molecular weight excluding hydrogens is 369 g/mol. The number of halogens is 3. The molecule has 0 radical (unpaired) electrons. The van der Waals surface area contributed by atoms with Gasteiger partial charge in [0.2, 0.25) is 5.91 Å². The molecule has 7 heteroatoms. The Balaban J connectivity index is 1.64. The van der Waals surface area contributed by atoms with Gasteiger partial charge in [-0.3, -0.25) is 4.79 Å². The van der Waals surface area contributed by atoms with E-state index in [1.807, 2.05) is 12.2 Å². The minimum Gasteiger partial charge on any atom is -0.370 e. The lowest BCUT2D eigenvalue weighted by atomic mass is 9.86.